The summed E-state index contributed by atoms with van der Waals surface area (Å²) in [4.78, 5) is 12.1. The van der Waals surface area contributed by atoms with Crippen molar-refractivity contribution in [2.45, 2.75) is 32.9 Å². The maximum absolute atomic E-state index is 12.1. The molecule has 0 aromatic heterocycles. The average Bonchev–Trinajstić information content (AvgIpc) is 2.97. The Morgan fingerprint density at radius 1 is 1.31 bits per heavy atom. The summed E-state index contributed by atoms with van der Waals surface area (Å²) in [6.07, 6.45) is 1.05. The van der Waals surface area contributed by atoms with Crippen molar-refractivity contribution in [2.24, 2.45) is 0 Å². The number of fused-ring (bicyclic) bond motifs is 1. The van der Waals surface area contributed by atoms with E-state index in [1.165, 1.54) is 0 Å². The van der Waals surface area contributed by atoms with Crippen molar-refractivity contribution in [2.75, 3.05) is 13.2 Å². The van der Waals surface area contributed by atoms with E-state index >= 15 is 0 Å². The van der Waals surface area contributed by atoms with Gasteiger partial charge in [0.15, 0.2) is 6.61 Å². The van der Waals surface area contributed by atoms with E-state index in [4.69, 9.17) is 14.2 Å². The van der Waals surface area contributed by atoms with Gasteiger partial charge in [0, 0.05) is 28.6 Å². The van der Waals surface area contributed by atoms with Crippen LogP contribution < -0.4 is 19.5 Å². The Labute approximate surface area is 161 Å². The molecule has 1 aliphatic heterocycles. The van der Waals surface area contributed by atoms with E-state index in [-0.39, 0.29) is 18.6 Å². The smallest absolute Gasteiger partial charge is 0.258 e. The van der Waals surface area contributed by atoms with Crippen molar-refractivity contribution in [1.82, 2.24) is 5.32 Å². The molecule has 6 heteroatoms. The maximum atomic E-state index is 12.1. The van der Waals surface area contributed by atoms with Crippen LogP contribution in [0.5, 0.6) is 17.2 Å². The minimum Gasteiger partial charge on any atom is -0.494 e. The Balaban J connectivity index is 1.60. The number of halogens is 1. The lowest BCUT2D eigenvalue weighted by Gasteiger charge is -2.13. The van der Waals surface area contributed by atoms with Crippen LogP contribution in [0.3, 0.4) is 0 Å². The zero-order chi connectivity index (χ0) is 18.5. The third-order valence-electron chi connectivity index (χ3n) is 4.02. The topological polar surface area (TPSA) is 56.8 Å². The summed E-state index contributed by atoms with van der Waals surface area (Å²) in [5.74, 6) is 2.11. The molecule has 1 aliphatic rings. The van der Waals surface area contributed by atoms with E-state index < -0.39 is 0 Å². The molecule has 2 aromatic carbocycles. The molecular formula is C20H22BrNO4. The van der Waals surface area contributed by atoms with Gasteiger partial charge in [-0.2, -0.15) is 0 Å². The molecule has 2 aromatic rings. The van der Waals surface area contributed by atoms with Gasteiger partial charge in [-0.25, -0.2) is 0 Å². The summed E-state index contributed by atoms with van der Waals surface area (Å²) in [7, 11) is 0. The number of hydrogen-bond donors (Lipinski definition) is 1. The Bertz CT molecular complexity index is 793. The molecule has 0 aliphatic carbocycles. The summed E-state index contributed by atoms with van der Waals surface area (Å²) < 4.78 is 17.9. The molecule has 1 N–H and O–H groups in total. The molecular weight excluding hydrogens is 398 g/mol. The number of carbonyl (C=O) groups excluding carboxylic acids is 1. The van der Waals surface area contributed by atoms with E-state index in [1.54, 1.807) is 0 Å². The zero-order valence-electron chi connectivity index (χ0n) is 14.9. The fraction of sp³-hybridized carbons (Fsp3) is 0.350. The van der Waals surface area contributed by atoms with Gasteiger partial charge in [-0.3, -0.25) is 4.79 Å². The highest BCUT2D eigenvalue weighted by Gasteiger charge is 2.22. The van der Waals surface area contributed by atoms with Crippen molar-refractivity contribution in [3.05, 3.63) is 52.0 Å². The quantitative estimate of drug-likeness (QED) is 0.739. The first-order valence-electron chi connectivity index (χ1n) is 8.65. The Hall–Kier alpha value is -2.21. The van der Waals surface area contributed by atoms with Crippen LogP contribution >= 0.6 is 15.9 Å². The van der Waals surface area contributed by atoms with Crippen LogP contribution in [-0.4, -0.2) is 25.2 Å². The van der Waals surface area contributed by atoms with Gasteiger partial charge < -0.3 is 19.5 Å². The SMILES string of the molecule is CCOc1cc2c(cc1CNC(=O)COc1cccc(Br)c1)O[C@H](C)C2. The lowest BCUT2D eigenvalue weighted by atomic mass is 10.1. The summed E-state index contributed by atoms with van der Waals surface area (Å²) in [5.41, 5.74) is 2.05. The van der Waals surface area contributed by atoms with Crippen LogP contribution in [0, 0.1) is 0 Å². The summed E-state index contributed by atoms with van der Waals surface area (Å²) in [6, 6.07) is 11.4. The molecule has 138 valence electrons. The van der Waals surface area contributed by atoms with Gasteiger partial charge in [0.25, 0.3) is 5.91 Å². The second-order valence-corrected chi connectivity index (χ2v) is 7.07. The van der Waals surface area contributed by atoms with Crippen LogP contribution in [0.25, 0.3) is 0 Å². The van der Waals surface area contributed by atoms with Gasteiger partial charge in [-0.15, -0.1) is 0 Å². The molecule has 5 nitrogen and oxygen atoms in total. The van der Waals surface area contributed by atoms with Gasteiger partial charge in [0.2, 0.25) is 0 Å². The molecule has 1 amide bonds. The van der Waals surface area contributed by atoms with E-state index in [0.717, 1.165) is 33.5 Å². The Kier molecular flexibility index (Phi) is 6.04. The first-order chi connectivity index (χ1) is 12.5. The number of benzene rings is 2. The predicted octanol–water partition coefficient (Wildman–Crippen LogP) is 3.87. The maximum Gasteiger partial charge on any atom is 0.258 e. The third kappa shape index (κ3) is 4.69. The molecule has 0 saturated heterocycles. The summed E-state index contributed by atoms with van der Waals surface area (Å²) in [6.45, 7) is 4.88. The number of rotatable bonds is 7. The summed E-state index contributed by atoms with van der Waals surface area (Å²) >= 11 is 3.38. The second-order valence-electron chi connectivity index (χ2n) is 6.16. The molecule has 0 radical (unpaired) electrons. The highest BCUT2D eigenvalue weighted by atomic mass is 79.9. The van der Waals surface area contributed by atoms with Crippen LogP contribution in [0.15, 0.2) is 40.9 Å². The van der Waals surface area contributed by atoms with Crippen LogP contribution in [0.1, 0.15) is 25.0 Å². The number of amides is 1. The zero-order valence-corrected chi connectivity index (χ0v) is 16.5. The molecule has 0 saturated carbocycles. The highest BCUT2D eigenvalue weighted by Crippen LogP contribution is 2.35. The Morgan fingerprint density at radius 3 is 2.92 bits per heavy atom. The van der Waals surface area contributed by atoms with E-state index in [2.05, 4.69) is 21.2 Å². The minimum absolute atomic E-state index is 0.0428. The van der Waals surface area contributed by atoms with Gasteiger partial charge in [-0.05, 0) is 44.2 Å². The number of ether oxygens (including phenoxy) is 3. The predicted molar refractivity (Wildman–Crippen MR) is 103 cm³/mol. The number of nitrogens with one attached hydrogen (secondary N) is 1. The molecule has 0 fully saturated rings. The average molecular weight is 420 g/mol. The fourth-order valence-electron chi connectivity index (χ4n) is 2.86. The highest BCUT2D eigenvalue weighted by molar-refractivity contribution is 9.10. The van der Waals surface area contributed by atoms with Crippen molar-refractivity contribution < 1.29 is 19.0 Å². The van der Waals surface area contributed by atoms with Crippen molar-refractivity contribution in [3.8, 4) is 17.2 Å². The monoisotopic (exact) mass is 419 g/mol. The molecule has 1 atom stereocenters. The van der Waals surface area contributed by atoms with Crippen molar-refractivity contribution in [1.29, 1.82) is 0 Å². The first kappa shape index (κ1) is 18.6. The van der Waals surface area contributed by atoms with Crippen LogP contribution in [0.4, 0.5) is 0 Å². The molecule has 3 rings (SSSR count). The second kappa shape index (κ2) is 8.45. The number of hydrogen-bond acceptors (Lipinski definition) is 4. The number of carbonyl (C=O) groups is 1. The molecule has 0 unspecified atom stereocenters. The van der Waals surface area contributed by atoms with E-state index in [0.29, 0.717) is 18.9 Å². The van der Waals surface area contributed by atoms with Crippen LogP contribution in [-0.2, 0) is 17.8 Å². The van der Waals surface area contributed by atoms with Crippen molar-refractivity contribution in [3.63, 3.8) is 0 Å². The normalized spacial score (nSPS) is 15.1. The van der Waals surface area contributed by atoms with Crippen LogP contribution in [0.2, 0.25) is 0 Å². The fourth-order valence-corrected chi connectivity index (χ4v) is 3.24. The van der Waals surface area contributed by atoms with E-state index in [1.807, 2.05) is 50.2 Å². The molecule has 0 bridgehead atoms. The largest absolute Gasteiger partial charge is 0.494 e. The van der Waals surface area contributed by atoms with Gasteiger partial charge in [0.1, 0.15) is 23.4 Å². The lowest BCUT2D eigenvalue weighted by Crippen LogP contribution is -2.28. The van der Waals surface area contributed by atoms with Gasteiger partial charge >= 0.3 is 0 Å². The third-order valence-corrected chi connectivity index (χ3v) is 4.51. The Morgan fingerprint density at radius 2 is 2.15 bits per heavy atom. The minimum atomic E-state index is -0.192. The first-order valence-corrected chi connectivity index (χ1v) is 9.44. The molecule has 1 heterocycles. The van der Waals surface area contributed by atoms with Crippen molar-refractivity contribution >= 4 is 21.8 Å². The van der Waals surface area contributed by atoms with Gasteiger partial charge in [0.05, 0.1) is 6.61 Å². The summed E-state index contributed by atoms with van der Waals surface area (Å²) in [5, 5.41) is 2.87. The van der Waals surface area contributed by atoms with Gasteiger partial charge in [-0.1, -0.05) is 22.0 Å². The molecule has 0 spiro atoms. The van der Waals surface area contributed by atoms with E-state index in [9.17, 15) is 4.79 Å². The standard InChI is InChI=1S/C20H22BrNO4/c1-3-24-18-8-14-7-13(2)26-19(14)9-15(18)11-22-20(23)12-25-17-6-4-5-16(21)10-17/h4-6,8-10,13H,3,7,11-12H2,1-2H3,(H,22,23)/t13-/m1/s1. The lowest BCUT2D eigenvalue weighted by molar-refractivity contribution is -0.123. The molecule has 26 heavy (non-hydrogen) atoms.